The van der Waals surface area contributed by atoms with Crippen molar-refractivity contribution in [3.63, 3.8) is 0 Å². The van der Waals surface area contributed by atoms with Gasteiger partial charge in [-0.25, -0.2) is 8.42 Å². The van der Waals surface area contributed by atoms with Crippen LogP contribution in [0.15, 0.2) is 24.3 Å². The van der Waals surface area contributed by atoms with E-state index in [0.717, 1.165) is 29.0 Å². The van der Waals surface area contributed by atoms with Gasteiger partial charge in [0.05, 0.1) is 11.9 Å². The number of hydrogen-bond acceptors (Lipinski definition) is 3. The number of nitrogens with zero attached hydrogens (tertiary/aromatic N) is 1. The van der Waals surface area contributed by atoms with Gasteiger partial charge in [-0.15, -0.1) is 0 Å². The van der Waals surface area contributed by atoms with Crippen LogP contribution in [0.2, 0.25) is 0 Å². The molecule has 118 valence electrons. The molecule has 1 aromatic rings. The molecule has 1 atom stereocenters. The zero-order valence-corrected chi connectivity index (χ0v) is 13.9. The summed E-state index contributed by atoms with van der Waals surface area (Å²) in [4.78, 5) is 12.1. The third-order valence-electron chi connectivity index (χ3n) is 3.20. The van der Waals surface area contributed by atoms with Gasteiger partial charge in [0.15, 0.2) is 0 Å². The van der Waals surface area contributed by atoms with Crippen LogP contribution in [0.3, 0.4) is 0 Å². The fraction of sp³-hybridized carbons (Fsp3) is 0.533. The molecule has 0 radical (unpaired) electrons. The summed E-state index contributed by atoms with van der Waals surface area (Å²) in [5, 5.41) is 2.83. The van der Waals surface area contributed by atoms with Crippen molar-refractivity contribution in [2.75, 3.05) is 17.1 Å². The van der Waals surface area contributed by atoms with Crippen molar-refractivity contribution in [2.24, 2.45) is 0 Å². The van der Waals surface area contributed by atoms with E-state index < -0.39 is 10.0 Å². The van der Waals surface area contributed by atoms with E-state index in [0.29, 0.717) is 5.69 Å². The molecular formula is C15H24N2O3S. The molecule has 5 nitrogen and oxygen atoms in total. The Bertz CT molecular complexity index is 584. The average molecular weight is 312 g/mol. The molecule has 0 aromatic heterocycles. The molecule has 0 saturated heterocycles. The second-order valence-electron chi connectivity index (χ2n) is 5.31. The van der Waals surface area contributed by atoms with Crippen LogP contribution >= 0.6 is 0 Å². The number of carbonyl (C=O) groups excluding carboxylic acids is 1. The first-order valence-electron chi connectivity index (χ1n) is 7.08. The summed E-state index contributed by atoms with van der Waals surface area (Å²) in [5.41, 5.74) is 1.36. The molecule has 1 amide bonds. The fourth-order valence-corrected chi connectivity index (χ4v) is 3.09. The minimum absolute atomic E-state index is 0.0424. The summed E-state index contributed by atoms with van der Waals surface area (Å²) < 4.78 is 25.1. The smallest absolute Gasteiger partial charge is 0.240 e. The van der Waals surface area contributed by atoms with Gasteiger partial charge in [-0.2, -0.15) is 0 Å². The maximum absolute atomic E-state index is 12.1. The monoisotopic (exact) mass is 312 g/mol. The van der Waals surface area contributed by atoms with Crippen LogP contribution in [0, 0.1) is 6.92 Å². The molecule has 0 saturated carbocycles. The maximum atomic E-state index is 12.1. The van der Waals surface area contributed by atoms with Gasteiger partial charge in [0, 0.05) is 6.04 Å². The normalized spacial score (nSPS) is 12.8. The van der Waals surface area contributed by atoms with Crippen LogP contribution in [0.5, 0.6) is 0 Å². The number of benzene rings is 1. The molecule has 0 unspecified atom stereocenters. The Morgan fingerprint density at radius 1 is 1.33 bits per heavy atom. The first kappa shape index (κ1) is 17.5. The van der Waals surface area contributed by atoms with Gasteiger partial charge in [-0.05, 0) is 31.9 Å². The van der Waals surface area contributed by atoms with Gasteiger partial charge < -0.3 is 5.32 Å². The molecule has 21 heavy (non-hydrogen) atoms. The van der Waals surface area contributed by atoms with E-state index in [-0.39, 0.29) is 18.5 Å². The number of anilines is 1. The van der Waals surface area contributed by atoms with Crippen LogP contribution < -0.4 is 9.62 Å². The maximum Gasteiger partial charge on any atom is 0.240 e. The first-order valence-corrected chi connectivity index (χ1v) is 8.93. The minimum Gasteiger partial charge on any atom is -0.352 e. The lowest BCUT2D eigenvalue weighted by Gasteiger charge is -2.24. The molecule has 0 aliphatic carbocycles. The average Bonchev–Trinajstić information content (AvgIpc) is 2.36. The number of carbonyl (C=O) groups is 1. The van der Waals surface area contributed by atoms with Gasteiger partial charge in [-0.3, -0.25) is 9.10 Å². The Hall–Kier alpha value is -1.56. The molecule has 0 aliphatic rings. The van der Waals surface area contributed by atoms with Crippen molar-refractivity contribution in [2.45, 2.75) is 39.7 Å². The highest BCUT2D eigenvalue weighted by Gasteiger charge is 2.22. The van der Waals surface area contributed by atoms with Crippen LogP contribution in [-0.4, -0.2) is 33.2 Å². The van der Waals surface area contributed by atoms with Crippen molar-refractivity contribution in [3.05, 3.63) is 29.8 Å². The highest BCUT2D eigenvalue weighted by molar-refractivity contribution is 7.92. The van der Waals surface area contributed by atoms with E-state index in [4.69, 9.17) is 0 Å². The van der Waals surface area contributed by atoms with Gasteiger partial charge in [0.25, 0.3) is 0 Å². The number of rotatable bonds is 7. The SMILES string of the molecule is CCC[C@H](C)NC(=O)CN(c1ccccc1C)S(C)(=O)=O. The summed E-state index contributed by atoms with van der Waals surface area (Å²) in [7, 11) is -3.51. The minimum atomic E-state index is -3.51. The third kappa shape index (κ3) is 5.38. The summed E-state index contributed by atoms with van der Waals surface area (Å²) in [6.07, 6.45) is 2.95. The highest BCUT2D eigenvalue weighted by Crippen LogP contribution is 2.21. The molecule has 0 bridgehead atoms. The quantitative estimate of drug-likeness (QED) is 0.838. The topological polar surface area (TPSA) is 66.5 Å². The Morgan fingerprint density at radius 3 is 2.48 bits per heavy atom. The second kappa shape index (κ2) is 7.45. The molecule has 1 aromatic carbocycles. The molecule has 1 rings (SSSR count). The van der Waals surface area contributed by atoms with E-state index in [1.807, 2.05) is 32.9 Å². The Kier molecular flexibility index (Phi) is 6.20. The van der Waals surface area contributed by atoms with Crippen LogP contribution in [0.4, 0.5) is 5.69 Å². The van der Waals surface area contributed by atoms with E-state index in [1.54, 1.807) is 12.1 Å². The molecule has 0 aliphatic heterocycles. The first-order chi connectivity index (χ1) is 9.75. The molecular weight excluding hydrogens is 288 g/mol. The number of para-hydroxylation sites is 1. The zero-order chi connectivity index (χ0) is 16.0. The van der Waals surface area contributed by atoms with E-state index in [1.165, 1.54) is 0 Å². The molecule has 0 spiro atoms. The molecule has 1 N–H and O–H groups in total. The lowest BCUT2D eigenvalue weighted by Crippen LogP contribution is -2.43. The van der Waals surface area contributed by atoms with E-state index in [9.17, 15) is 13.2 Å². The van der Waals surface area contributed by atoms with Crippen LogP contribution in [0.1, 0.15) is 32.3 Å². The van der Waals surface area contributed by atoms with Gasteiger partial charge in [0.1, 0.15) is 6.54 Å². The predicted octanol–water partition coefficient (Wildman–Crippen LogP) is 2.07. The fourth-order valence-electron chi connectivity index (χ4n) is 2.18. The summed E-state index contributed by atoms with van der Waals surface area (Å²) >= 11 is 0. The summed E-state index contributed by atoms with van der Waals surface area (Å²) in [5.74, 6) is -0.287. The van der Waals surface area contributed by atoms with Crippen molar-refractivity contribution < 1.29 is 13.2 Å². The van der Waals surface area contributed by atoms with Crippen molar-refractivity contribution in [3.8, 4) is 0 Å². The lowest BCUT2D eigenvalue weighted by molar-refractivity contribution is -0.120. The van der Waals surface area contributed by atoms with Crippen molar-refractivity contribution in [1.82, 2.24) is 5.32 Å². The van der Waals surface area contributed by atoms with Gasteiger partial charge >= 0.3 is 0 Å². The number of amides is 1. The van der Waals surface area contributed by atoms with Gasteiger partial charge in [-0.1, -0.05) is 31.5 Å². The Labute approximate surface area is 127 Å². The number of nitrogens with one attached hydrogen (secondary N) is 1. The number of hydrogen-bond donors (Lipinski definition) is 1. The largest absolute Gasteiger partial charge is 0.352 e. The molecule has 0 fully saturated rings. The third-order valence-corrected chi connectivity index (χ3v) is 4.33. The van der Waals surface area contributed by atoms with Crippen molar-refractivity contribution in [1.29, 1.82) is 0 Å². The van der Waals surface area contributed by atoms with Crippen molar-refractivity contribution >= 4 is 21.6 Å². The number of aryl methyl sites for hydroxylation is 1. The highest BCUT2D eigenvalue weighted by atomic mass is 32.2. The lowest BCUT2D eigenvalue weighted by atomic mass is 10.2. The Morgan fingerprint density at radius 2 is 1.95 bits per heavy atom. The standard InChI is InChI=1S/C15H24N2O3S/c1-5-8-13(3)16-15(18)11-17(21(4,19)20)14-10-7-6-9-12(14)2/h6-7,9-10,13H,5,8,11H2,1-4H3,(H,16,18)/t13-/m0/s1. The van der Waals surface area contributed by atoms with Crippen LogP contribution in [0.25, 0.3) is 0 Å². The van der Waals surface area contributed by atoms with E-state index in [2.05, 4.69) is 5.32 Å². The zero-order valence-electron chi connectivity index (χ0n) is 13.1. The Balaban J connectivity index is 2.92. The second-order valence-corrected chi connectivity index (χ2v) is 7.22. The van der Waals surface area contributed by atoms with E-state index >= 15 is 0 Å². The summed E-state index contributed by atoms with van der Waals surface area (Å²) in [6.45, 7) is 5.58. The van der Waals surface area contributed by atoms with Gasteiger partial charge in [0.2, 0.25) is 15.9 Å². The summed E-state index contributed by atoms with van der Waals surface area (Å²) in [6, 6.07) is 7.17. The number of sulfonamides is 1. The molecule has 0 heterocycles. The predicted molar refractivity (Wildman–Crippen MR) is 85.9 cm³/mol. The molecule has 6 heteroatoms. The van der Waals surface area contributed by atoms with Crippen LogP contribution in [-0.2, 0) is 14.8 Å².